The fraction of sp³-hybridized carbons (Fsp3) is 0.524. The van der Waals surface area contributed by atoms with Gasteiger partial charge in [0.1, 0.15) is 17.5 Å². The molecule has 2 aliphatic rings. The smallest absolute Gasteiger partial charge is 0.274 e. The summed E-state index contributed by atoms with van der Waals surface area (Å²) in [6.45, 7) is 7.91. The molecule has 4 rings (SSSR count). The number of benzene rings is 1. The number of ether oxygens (including phenoxy) is 1. The number of hydrogen-bond donors (Lipinski definition) is 1. The van der Waals surface area contributed by atoms with Crippen LogP contribution in [0.1, 0.15) is 49.8 Å². The summed E-state index contributed by atoms with van der Waals surface area (Å²) in [5, 5.41) is 7.28. The molecule has 26 heavy (non-hydrogen) atoms. The molecule has 1 amide bonds. The Bertz CT molecular complexity index is 778. The van der Waals surface area contributed by atoms with Crippen LogP contribution in [0.4, 0.5) is 0 Å². The first-order valence-corrected chi connectivity index (χ1v) is 9.48. The van der Waals surface area contributed by atoms with Crippen LogP contribution >= 0.6 is 0 Å². The topological polar surface area (TPSA) is 58.2 Å². The summed E-state index contributed by atoms with van der Waals surface area (Å²) in [6, 6.07) is 11.9. The van der Waals surface area contributed by atoms with Gasteiger partial charge in [0.15, 0.2) is 0 Å². The van der Waals surface area contributed by atoms with E-state index in [1.54, 1.807) is 0 Å². The predicted octanol–water partition coefficient (Wildman–Crippen LogP) is 3.64. The first kappa shape index (κ1) is 17.1. The van der Waals surface area contributed by atoms with Crippen LogP contribution in [0.15, 0.2) is 36.4 Å². The number of H-pyrrole nitrogens is 1. The Morgan fingerprint density at radius 1 is 1.19 bits per heavy atom. The van der Waals surface area contributed by atoms with Crippen LogP contribution in [0.25, 0.3) is 0 Å². The molecule has 0 radical (unpaired) electrons. The summed E-state index contributed by atoms with van der Waals surface area (Å²) >= 11 is 0. The lowest BCUT2D eigenvalue weighted by Gasteiger charge is -2.21. The average Bonchev–Trinajstić information content (AvgIpc) is 3.31. The van der Waals surface area contributed by atoms with Crippen molar-refractivity contribution in [3.8, 4) is 5.75 Å². The van der Waals surface area contributed by atoms with Gasteiger partial charge < -0.3 is 9.64 Å². The number of para-hydroxylation sites is 1. The van der Waals surface area contributed by atoms with E-state index in [-0.39, 0.29) is 17.4 Å². The number of amides is 1. The third kappa shape index (κ3) is 3.22. The summed E-state index contributed by atoms with van der Waals surface area (Å²) in [7, 11) is 0. The normalized spacial score (nSPS) is 25.3. The number of fused-ring (bicyclic) bond motifs is 1. The van der Waals surface area contributed by atoms with Crippen LogP contribution in [-0.4, -0.2) is 40.2 Å². The molecule has 0 spiro atoms. The quantitative estimate of drug-likeness (QED) is 0.916. The molecular formula is C21H27N3O2. The molecule has 138 valence electrons. The molecule has 5 nitrogen and oxygen atoms in total. The highest BCUT2D eigenvalue weighted by molar-refractivity contribution is 5.92. The minimum absolute atomic E-state index is 0.0320. The zero-order chi connectivity index (χ0) is 18.3. The Morgan fingerprint density at radius 3 is 2.65 bits per heavy atom. The number of carbonyl (C=O) groups excluding carboxylic acids is 1. The number of carbonyl (C=O) groups is 1. The molecule has 0 unspecified atom stereocenters. The van der Waals surface area contributed by atoms with Crippen molar-refractivity contribution >= 4 is 5.91 Å². The molecular weight excluding hydrogens is 326 g/mol. The monoisotopic (exact) mass is 353 g/mol. The summed E-state index contributed by atoms with van der Waals surface area (Å²) in [5.41, 5.74) is 1.47. The zero-order valence-electron chi connectivity index (χ0n) is 15.7. The Labute approximate surface area is 154 Å². The van der Waals surface area contributed by atoms with Gasteiger partial charge in [-0.2, -0.15) is 5.10 Å². The second-order valence-corrected chi connectivity index (χ2v) is 8.60. The molecule has 2 fully saturated rings. The van der Waals surface area contributed by atoms with Crippen molar-refractivity contribution in [1.82, 2.24) is 15.1 Å². The molecule has 5 heteroatoms. The number of aromatic amines is 1. The first-order chi connectivity index (χ1) is 12.4. The van der Waals surface area contributed by atoms with E-state index in [9.17, 15) is 4.79 Å². The number of likely N-dealkylation sites (tertiary alicyclic amines) is 1. The molecule has 1 saturated carbocycles. The van der Waals surface area contributed by atoms with Gasteiger partial charge in [-0.3, -0.25) is 9.89 Å². The van der Waals surface area contributed by atoms with Crippen molar-refractivity contribution < 1.29 is 9.53 Å². The van der Waals surface area contributed by atoms with Gasteiger partial charge in [-0.1, -0.05) is 39.0 Å². The van der Waals surface area contributed by atoms with Crippen LogP contribution in [0.5, 0.6) is 5.75 Å². The van der Waals surface area contributed by atoms with E-state index in [1.165, 1.54) is 0 Å². The Hall–Kier alpha value is -2.30. The number of aromatic nitrogens is 2. The SMILES string of the molecule is CC(C)(C)c1cc(C(=O)N2C[C@@H]3CC[C@H](Oc4ccccc4)[C@@H]3C2)n[nH]1. The van der Waals surface area contributed by atoms with Crippen LogP contribution < -0.4 is 4.74 Å². The van der Waals surface area contributed by atoms with E-state index in [2.05, 4.69) is 31.0 Å². The third-order valence-corrected chi connectivity index (χ3v) is 5.71. The van der Waals surface area contributed by atoms with Gasteiger partial charge in [-0.25, -0.2) is 0 Å². The number of nitrogens with one attached hydrogen (secondary N) is 1. The highest BCUT2D eigenvalue weighted by atomic mass is 16.5. The molecule has 2 heterocycles. The maximum Gasteiger partial charge on any atom is 0.274 e. The van der Waals surface area contributed by atoms with Crippen LogP contribution in [0, 0.1) is 11.8 Å². The van der Waals surface area contributed by atoms with Crippen LogP contribution in [0.3, 0.4) is 0 Å². The van der Waals surface area contributed by atoms with E-state index in [1.807, 2.05) is 41.3 Å². The molecule has 1 saturated heterocycles. The van der Waals surface area contributed by atoms with E-state index in [0.717, 1.165) is 37.4 Å². The van der Waals surface area contributed by atoms with Crippen LogP contribution in [-0.2, 0) is 5.41 Å². The Kier molecular flexibility index (Phi) is 4.25. The fourth-order valence-corrected chi connectivity index (χ4v) is 4.18. The second-order valence-electron chi connectivity index (χ2n) is 8.60. The van der Waals surface area contributed by atoms with Crippen molar-refractivity contribution in [1.29, 1.82) is 0 Å². The van der Waals surface area contributed by atoms with Gasteiger partial charge in [-0.05, 0) is 37.0 Å². The van der Waals surface area contributed by atoms with Gasteiger partial charge >= 0.3 is 0 Å². The molecule has 3 atom stereocenters. The summed E-state index contributed by atoms with van der Waals surface area (Å²) < 4.78 is 6.21. The van der Waals surface area contributed by atoms with Gasteiger partial charge in [-0.15, -0.1) is 0 Å². The minimum atomic E-state index is -0.0400. The molecule has 2 aromatic rings. The highest BCUT2D eigenvalue weighted by Gasteiger charge is 2.45. The zero-order valence-corrected chi connectivity index (χ0v) is 15.7. The molecule has 1 aromatic heterocycles. The largest absolute Gasteiger partial charge is 0.490 e. The van der Waals surface area contributed by atoms with Gasteiger partial charge in [0, 0.05) is 30.1 Å². The van der Waals surface area contributed by atoms with Gasteiger partial charge in [0.05, 0.1) is 0 Å². The average molecular weight is 353 g/mol. The van der Waals surface area contributed by atoms with Crippen molar-refractivity contribution in [2.75, 3.05) is 13.1 Å². The maximum atomic E-state index is 12.9. The van der Waals surface area contributed by atoms with E-state index >= 15 is 0 Å². The molecule has 1 aliphatic heterocycles. The van der Waals surface area contributed by atoms with Crippen molar-refractivity contribution in [3.63, 3.8) is 0 Å². The Morgan fingerprint density at radius 2 is 1.96 bits per heavy atom. The first-order valence-electron chi connectivity index (χ1n) is 9.48. The summed E-state index contributed by atoms with van der Waals surface area (Å²) in [4.78, 5) is 14.8. The number of nitrogens with zero attached hydrogens (tertiary/aromatic N) is 2. The maximum absolute atomic E-state index is 12.9. The fourth-order valence-electron chi connectivity index (χ4n) is 4.18. The van der Waals surface area contributed by atoms with Crippen LogP contribution in [0.2, 0.25) is 0 Å². The molecule has 1 N–H and O–H groups in total. The van der Waals surface area contributed by atoms with Gasteiger partial charge in [0.2, 0.25) is 0 Å². The molecule has 1 aromatic carbocycles. The highest BCUT2D eigenvalue weighted by Crippen LogP contribution is 2.40. The van der Waals surface area contributed by atoms with Crippen molar-refractivity contribution in [2.45, 2.75) is 45.1 Å². The molecule has 1 aliphatic carbocycles. The Balaban J connectivity index is 1.43. The lowest BCUT2D eigenvalue weighted by Crippen LogP contribution is -2.32. The van der Waals surface area contributed by atoms with E-state index in [4.69, 9.17) is 4.74 Å². The minimum Gasteiger partial charge on any atom is -0.490 e. The van der Waals surface area contributed by atoms with Gasteiger partial charge in [0.25, 0.3) is 5.91 Å². The van der Waals surface area contributed by atoms with E-state index in [0.29, 0.717) is 17.5 Å². The second kappa shape index (κ2) is 6.45. The lowest BCUT2D eigenvalue weighted by atomic mass is 9.92. The standard InChI is InChI=1S/C21H27N3O2/c1-21(2,3)19-11-17(22-23-19)20(25)24-12-14-9-10-18(16(14)13-24)26-15-7-5-4-6-8-15/h4-8,11,14,16,18H,9-10,12-13H2,1-3H3,(H,22,23)/t14-,16+,18-/m0/s1. The van der Waals surface area contributed by atoms with Crippen molar-refractivity contribution in [2.24, 2.45) is 11.8 Å². The summed E-state index contributed by atoms with van der Waals surface area (Å²) in [5.74, 6) is 1.91. The molecule has 0 bridgehead atoms. The number of hydrogen-bond acceptors (Lipinski definition) is 3. The third-order valence-electron chi connectivity index (χ3n) is 5.71. The number of rotatable bonds is 3. The lowest BCUT2D eigenvalue weighted by molar-refractivity contribution is 0.0756. The predicted molar refractivity (Wildman–Crippen MR) is 100 cm³/mol. The van der Waals surface area contributed by atoms with E-state index < -0.39 is 0 Å². The summed E-state index contributed by atoms with van der Waals surface area (Å²) in [6.07, 6.45) is 2.40. The van der Waals surface area contributed by atoms with Crippen molar-refractivity contribution in [3.05, 3.63) is 47.8 Å².